The molecule has 2 aromatic heterocycles. The van der Waals surface area contributed by atoms with Gasteiger partial charge in [0.15, 0.2) is 17.3 Å². The quantitative estimate of drug-likeness (QED) is 0.148. The monoisotopic (exact) mass is 589 g/mol. The lowest BCUT2D eigenvalue weighted by atomic mass is 10.1. The maximum atomic E-state index is 15.4. The summed E-state index contributed by atoms with van der Waals surface area (Å²) in [7, 11) is 1.50. The molecule has 1 saturated heterocycles. The van der Waals surface area contributed by atoms with Gasteiger partial charge in [0.2, 0.25) is 23.3 Å². The van der Waals surface area contributed by atoms with Crippen molar-refractivity contribution in [1.29, 1.82) is 0 Å². The Morgan fingerprint density at radius 2 is 1.76 bits per heavy atom. The number of allylic oxidation sites excluding steroid dienone is 1. The van der Waals surface area contributed by atoms with Crippen LogP contribution in [0.3, 0.4) is 0 Å². The van der Waals surface area contributed by atoms with Gasteiger partial charge < -0.3 is 21.1 Å². The summed E-state index contributed by atoms with van der Waals surface area (Å²) in [5.74, 6) is -10.0. The molecule has 0 radical (unpaired) electrons. The summed E-state index contributed by atoms with van der Waals surface area (Å²) in [4.78, 5) is 32.8. The van der Waals surface area contributed by atoms with Crippen molar-refractivity contribution >= 4 is 29.0 Å². The fraction of sp³-hybridized carbons (Fsp3) is 0.222. The molecule has 5 rings (SSSR count). The second kappa shape index (κ2) is 12.7. The molecule has 1 aliphatic rings. The van der Waals surface area contributed by atoms with E-state index in [1.807, 2.05) is 0 Å². The Kier molecular flexibility index (Phi) is 9.10. The Balaban J connectivity index is 0.00000198. The molecule has 4 aromatic rings. The summed E-state index contributed by atoms with van der Waals surface area (Å²) in [6, 6.07) is 2.74. The van der Waals surface area contributed by atoms with Gasteiger partial charge in [0.25, 0.3) is 0 Å². The number of amides is 1. The van der Waals surface area contributed by atoms with Crippen molar-refractivity contribution < 1.29 is 36.3 Å². The number of rotatable bonds is 6. The number of piperidine rings is 1. The van der Waals surface area contributed by atoms with Gasteiger partial charge in [-0.3, -0.25) is 9.59 Å². The minimum Gasteiger partial charge on any atom is -0.451 e. The number of aromatic nitrogens is 4. The molecule has 220 valence electrons. The number of hydrogen-bond acceptors (Lipinski definition) is 8. The van der Waals surface area contributed by atoms with Crippen LogP contribution in [0.15, 0.2) is 42.7 Å². The van der Waals surface area contributed by atoms with Crippen LogP contribution in [-0.4, -0.2) is 57.0 Å². The Hall–Kier alpha value is -4.92. The van der Waals surface area contributed by atoms with Gasteiger partial charge >= 0.3 is 0 Å². The largest absolute Gasteiger partial charge is 0.451 e. The standard InChI is InChI=1S/C26H19F5N6O3.CH5N/c27-16-9-14(40-24-21(30)17(28)10-18(29)22(24)31)5-6-15(16)23-20-25(32)33-12-34-26(20)37(35-23)13-3-1-7-36(11-13)19(39)4-2-8-38;1-2/h2,4-6,8-10,12-13H,1,3,7,11H2,(H2,32,33,34);2H2,1H3/b4-2+;. The number of nitrogen functional groups attached to an aromatic ring is 1. The predicted molar refractivity (Wildman–Crippen MR) is 142 cm³/mol. The van der Waals surface area contributed by atoms with Crippen LogP contribution in [0.25, 0.3) is 22.3 Å². The number of nitrogens with two attached hydrogens (primary N) is 2. The molecule has 0 spiro atoms. The number of nitrogens with zero attached hydrogens (tertiary/aromatic N) is 5. The van der Waals surface area contributed by atoms with Crippen LogP contribution in [-0.2, 0) is 9.59 Å². The molecule has 4 N–H and O–H groups in total. The number of likely N-dealkylation sites (tertiary alicyclic amines) is 1. The van der Waals surface area contributed by atoms with Crippen LogP contribution < -0.4 is 16.2 Å². The van der Waals surface area contributed by atoms with Crippen LogP contribution in [0.1, 0.15) is 18.9 Å². The van der Waals surface area contributed by atoms with Crippen LogP contribution in [0.2, 0.25) is 0 Å². The normalized spacial score (nSPS) is 15.0. The van der Waals surface area contributed by atoms with Crippen molar-refractivity contribution in [2.24, 2.45) is 5.73 Å². The van der Waals surface area contributed by atoms with E-state index in [-0.39, 0.29) is 52.7 Å². The first-order chi connectivity index (χ1) is 20.2. The lowest BCUT2D eigenvalue weighted by molar-refractivity contribution is -0.127. The number of carbonyl (C=O) groups excluding carboxylic acids is 2. The van der Waals surface area contributed by atoms with Gasteiger partial charge in [-0.2, -0.15) is 13.9 Å². The average molecular weight is 590 g/mol. The molecular formula is C27H24F5N7O3. The van der Waals surface area contributed by atoms with Gasteiger partial charge in [0, 0.05) is 36.9 Å². The zero-order valence-electron chi connectivity index (χ0n) is 22.0. The van der Waals surface area contributed by atoms with E-state index in [9.17, 15) is 27.2 Å². The Bertz CT molecular complexity index is 1650. The highest BCUT2D eigenvalue weighted by molar-refractivity contribution is 5.98. The Morgan fingerprint density at radius 1 is 1.05 bits per heavy atom. The summed E-state index contributed by atoms with van der Waals surface area (Å²) in [5.41, 5.74) is 10.8. The summed E-state index contributed by atoms with van der Waals surface area (Å²) >= 11 is 0. The Labute approximate surface area is 235 Å². The predicted octanol–water partition coefficient (Wildman–Crippen LogP) is 4.06. The van der Waals surface area contributed by atoms with Crippen molar-refractivity contribution in [2.45, 2.75) is 18.9 Å². The smallest absolute Gasteiger partial charge is 0.246 e. The van der Waals surface area contributed by atoms with E-state index in [1.165, 1.54) is 24.1 Å². The molecule has 10 nitrogen and oxygen atoms in total. The number of ether oxygens (including phenoxy) is 1. The lowest BCUT2D eigenvalue weighted by Gasteiger charge is -2.32. The third-order valence-electron chi connectivity index (χ3n) is 6.38. The molecule has 1 amide bonds. The van der Waals surface area contributed by atoms with Crippen molar-refractivity contribution in [3.8, 4) is 22.8 Å². The molecule has 0 saturated carbocycles. The van der Waals surface area contributed by atoms with Gasteiger partial charge in [-0.25, -0.2) is 27.8 Å². The highest BCUT2D eigenvalue weighted by atomic mass is 19.2. The second-order valence-corrected chi connectivity index (χ2v) is 8.87. The maximum absolute atomic E-state index is 15.4. The van der Waals surface area contributed by atoms with Crippen LogP contribution in [0, 0.1) is 29.1 Å². The molecule has 1 aliphatic heterocycles. The SMILES string of the molecule is CN.Nc1ncnc2c1c(-c1ccc(Oc3c(F)c(F)cc(F)c3F)cc1F)nn2C1CCCN(C(=O)/C=C/C=O)C1. The number of anilines is 1. The molecule has 15 heteroatoms. The van der Waals surface area contributed by atoms with Gasteiger partial charge in [0.05, 0.1) is 11.4 Å². The van der Waals surface area contributed by atoms with E-state index in [0.717, 1.165) is 24.3 Å². The van der Waals surface area contributed by atoms with Crippen molar-refractivity contribution in [1.82, 2.24) is 24.6 Å². The minimum absolute atomic E-state index is 0.00279. The van der Waals surface area contributed by atoms with Crippen LogP contribution >= 0.6 is 0 Å². The molecule has 1 atom stereocenters. The first kappa shape index (κ1) is 30.0. The van der Waals surface area contributed by atoms with Gasteiger partial charge in [-0.1, -0.05) is 0 Å². The van der Waals surface area contributed by atoms with Gasteiger partial charge in [-0.15, -0.1) is 0 Å². The third kappa shape index (κ3) is 5.76. The zero-order chi connectivity index (χ0) is 30.6. The van der Waals surface area contributed by atoms with Gasteiger partial charge in [0.1, 0.15) is 35.7 Å². The van der Waals surface area contributed by atoms with Crippen molar-refractivity contribution in [3.63, 3.8) is 0 Å². The van der Waals surface area contributed by atoms with Gasteiger partial charge in [-0.05, 0) is 38.1 Å². The highest BCUT2D eigenvalue weighted by Crippen LogP contribution is 2.37. The molecule has 0 bridgehead atoms. The maximum Gasteiger partial charge on any atom is 0.246 e. The van der Waals surface area contributed by atoms with E-state index < -0.39 is 40.6 Å². The van der Waals surface area contributed by atoms with Crippen molar-refractivity contribution in [3.05, 3.63) is 71.8 Å². The number of halogens is 5. The number of fused-ring (bicyclic) bond motifs is 1. The first-order valence-electron chi connectivity index (χ1n) is 12.5. The van der Waals surface area contributed by atoms with E-state index in [0.29, 0.717) is 25.7 Å². The highest BCUT2D eigenvalue weighted by Gasteiger charge is 2.29. The van der Waals surface area contributed by atoms with E-state index in [2.05, 4.69) is 20.8 Å². The fourth-order valence-corrected chi connectivity index (χ4v) is 4.53. The molecule has 1 unspecified atom stereocenters. The first-order valence-corrected chi connectivity index (χ1v) is 12.5. The molecule has 1 fully saturated rings. The molecule has 0 aliphatic carbocycles. The Morgan fingerprint density at radius 3 is 2.43 bits per heavy atom. The third-order valence-corrected chi connectivity index (χ3v) is 6.38. The summed E-state index contributed by atoms with van der Waals surface area (Å²) < 4.78 is 77.0. The molecular weight excluding hydrogens is 565 g/mol. The van der Waals surface area contributed by atoms with E-state index in [4.69, 9.17) is 10.5 Å². The van der Waals surface area contributed by atoms with E-state index in [1.54, 1.807) is 4.90 Å². The number of benzene rings is 2. The number of aldehydes is 1. The fourth-order valence-electron chi connectivity index (χ4n) is 4.53. The van der Waals surface area contributed by atoms with E-state index >= 15 is 4.39 Å². The number of carbonyl (C=O) groups is 2. The molecule has 42 heavy (non-hydrogen) atoms. The lowest BCUT2D eigenvalue weighted by Crippen LogP contribution is -2.40. The summed E-state index contributed by atoms with van der Waals surface area (Å²) in [5, 5.41) is 4.77. The minimum atomic E-state index is -1.78. The summed E-state index contributed by atoms with van der Waals surface area (Å²) in [6.07, 6.45) is 5.21. The summed E-state index contributed by atoms with van der Waals surface area (Å²) in [6.45, 7) is 0.701. The number of hydrogen-bond donors (Lipinski definition) is 2. The molecule has 3 heterocycles. The van der Waals surface area contributed by atoms with Crippen LogP contribution in [0.5, 0.6) is 11.5 Å². The van der Waals surface area contributed by atoms with Crippen molar-refractivity contribution in [2.75, 3.05) is 25.9 Å². The molecule has 2 aromatic carbocycles. The topological polar surface area (TPSA) is 142 Å². The average Bonchev–Trinajstić information content (AvgIpc) is 3.39. The second-order valence-electron chi connectivity index (χ2n) is 8.87. The van der Waals surface area contributed by atoms with Crippen LogP contribution in [0.4, 0.5) is 27.8 Å². The zero-order valence-corrected chi connectivity index (χ0v) is 22.0.